The van der Waals surface area contributed by atoms with Crippen LogP contribution >= 0.6 is 0 Å². The topological polar surface area (TPSA) is 52.7 Å². The first-order valence-corrected chi connectivity index (χ1v) is 7.21. The number of benzene rings is 1. The van der Waals surface area contributed by atoms with E-state index in [1.807, 2.05) is 25.1 Å². The molecule has 0 bridgehead atoms. The van der Waals surface area contributed by atoms with E-state index in [1.54, 1.807) is 32.3 Å². The first-order chi connectivity index (χ1) is 8.39. The molecule has 1 aromatic carbocycles. The van der Waals surface area contributed by atoms with E-state index in [0.29, 0.717) is 23.7 Å². The Morgan fingerprint density at radius 3 is 2.28 bits per heavy atom. The van der Waals surface area contributed by atoms with Gasteiger partial charge in [0.2, 0.25) is 10.0 Å². The molecular weight excluding hydrogens is 250 g/mol. The van der Waals surface area contributed by atoms with Crippen molar-refractivity contribution < 1.29 is 8.42 Å². The van der Waals surface area contributed by atoms with Gasteiger partial charge in [-0.2, -0.15) is 4.31 Å². The third-order valence-corrected chi connectivity index (χ3v) is 4.62. The van der Waals surface area contributed by atoms with Crippen LogP contribution in [-0.4, -0.2) is 58.9 Å². The molecule has 0 aliphatic carbocycles. The summed E-state index contributed by atoms with van der Waals surface area (Å²) in [6.07, 6.45) is 0. The molecule has 0 spiro atoms. The zero-order valence-electron chi connectivity index (χ0n) is 11.3. The summed E-state index contributed by atoms with van der Waals surface area (Å²) < 4.78 is 26.2. The maximum absolute atomic E-state index is 12.4. The van der Waals surface area contributed by atoms with Gasteiger partial charge in [-0.05, 0) is 26.2 Å². The van der Waals surface area contributed by atoms with Crippen molar-refractivity contribution in [2.24, 2.45) is 0 Å². The van der Waals surface area contributed by atoms with Crippen molar-refractivity contribution in [1.82, 2.24) is 9.21 Å². The van der Waals surface area contributed by atoms with E-state index in [-0.39, 0.29) is 0 Å². The number of sulfonamides is 1. The third-order valence-electron chi connectivity index (χ3n) is 2.71. The summed E-state index contributed by atoms with van der Waals surface area (Å²) in [6, 6.07) is 6.91. The number of hydrogen-bond acceptors (Lipinski definition) is 4. The predicted octanol–water partition coefficient (Wildman–Crippen LogP) is 0.910. The van der Waals surface area contributed by atoms with Gasteiger partial charge in [-0.3, -0.25) is 0 Å². The Bertz CT molecular complexity index is 486. The molecule has 102 valence electrons. The van der Waals surface area contributed by atoms with E-state index in [1.165, 1.54) is 4.31 Å². The van der Waals surface area contributed by atoms with Gasteiger partial charge in [0.05, 0.1) is 5.69 Å². The van der Waals surface area contributed by atoms with Gasteiger partial charge in [-0.25, -0.2) is 8.42 Å². The van der Waals surface area contributed by atoms with Crippen LogP contribution in [0.3, 0.4) is 0 Å². The molecule has 1 aromatic rings. The molecular formula is C12H21N3O2S. The van der Waals surface area contributed by atoms with Crippen molar-refractivity contribution in [3.63, 3.8) is 0 Å². The minimum absolute atomic E-state index is 0.314. The summed E-state index contributed by atoms with van der Waals surface area (Å²) in [5.74, 6) is 0. The van der Waals surface area contributed by atoms with Crippen LogP contribution in [-0.2, 0) is 10.0 Å². The number of hydrogen-bond donors (Lipinski definition) is 1. The molecule has 18 heavy (non-hydrogen) atoms. The second kappa shape index (κ2) is 6.17. The van der Waals surface area contributed by atoms with Gasteiger partial charge in [0.1, 0.15) is 4.90 Å². The lowest BCUT2D eigenvalue weighted by Crippen LogP contribution is -2.33. The lowest BCUT2D eigenvalue weighted by molar-refractivity contribution is 0.358. The number of rotatable bonds is 6. The predicted molar refractivity (Wildman–Crippen MR) is 74.4 cm³/mol. The van der Waals surface area contributed by atoms with Gasteiger partial charge in [-0.1, -0.05) is 12.1 Å². The maximum atomic E-state index is 12.4. The van der Waals surface area contributed by atoms with E-state index in [9.17, 15) is 8.42 Å². The van der Waals surface area contributed by atoms with Crippen molar-refractivity contribution in [2.75, 3.05) is 46.6 Å². The van der Waals surface area contributed by atoms with E-state index in [4.69, 9.17) is 0 Å². The van der Waals surface area contributed by atoms with Gasteiger partial charge in [0.15, 0.2) is 0 Å². The molecule has 0 heterocycles. The monoisotopic (exact) mass is 271 g/mol. The largest absolute Gasteiger partial charge is 0.387 e. The Morgan fingerprint density at radius 2 is 1.72 bits per heavy atom. The van der Waals surface area contributed by atoms with E-state index in [0.717, 1.165) is 0 Å². The quantitative estimate of drug-likeness (QED) is 0.835. The summed E-state index contributed by atoms with van der Waals surface area (Å²) >= 11 is 0. The Morgan fingerprint density at radius 1 is 1.11 bits per heavy atom. The Hall–Kier alpha value is -1.11. The average molecular weight is 271 g/mol. The Kier molecular flexibility index (Phi) is 5.13. The molecule has 0 amide bonds. The van der Waals surface area contributed by atoms with E-state index < -0.39 is 10.0 Å². The normalized spacial score (nSPS) is 12.1. The number of anilines is 1. The molecule has 0 unspecified atom stereocenters. The van der Waals surface area contributed by atoms with Crippen molar-refractivity contribution in [3.8, 4) is 0 Å². The molecule has 1 N–H and O–H groups in total. The van der Waals surface area contributed by atoms with Gasteiger partial charge >= 0.3 is 0 Å². The van der Waals surface area contributed by atoms with E-state index in [2.05, 4.69) is 5.32 Å². The van der Waals surface area contributed by atoms with Gasteiger partial charge in [0.25, 0.3) is 0 Å². The highest BCUT2D eigenvalue weighted by atomic mass is 32.2. The minimum atomic E-state index is -3.43. The minimum Gasteiger partial charge on any atom is -0.387 e. The van der Waals surface area contributed by atoms with Crippen molar-refractivity contribution in [3.05, 3.63) is 24.3 Å². The third kappa shape index (κ3) is 3.44. The van der Waals surface area contributed by atoms with Crippen molar-refractivity contribution in [1.29, 1.82) is 0 Å². The molecule has 0 atom stereocenters. The van der Waals surface area contributed by atoms with Crippen molar-refractivity contribution >= 4 is 15.7 Å². The molecule has 0 saturated heterocycles. The van der Waals surface area contributed by atoms with Gasteiger partial charge < -0.3 is 10.2 Å². The summed E-state index contributed by atoms with van der Waals surface area (Å²) in [5.41, 5.74) is 0.620. The smallest absolute Gasteiger partial charge is 0.244 e. The highest BCUT2D eigenvalue weighted by molar-refractivity contribution is 7.89. The number of likely N-dealkylation sites (N-methyl/N-ethyl adjacent to an activating group) is 2. The van der Waals surface area contributed by atoms with Crippen LogP contribution in [0.2, 0.25) is 0 Å². The first kappa shape index (κ1) is 14.9. The molecule has 0 radical (unpaired) electrons. The molecule has 0 aromatic heterocycles. The molecule has 0 aliphatic rings. The molecule has 0 saturated carbocycles. The van der Waals surface area contributed by atoms with Gasteiger partial charge in [-0.15, -0.1) is 0 Å². The first-order valence-electron chi connectivity index (χ1n) is 5.77. The summed E-state index contributed by atoms with van der Waals surface area (Å²) in [7, 11) is 3.72. The molecule has 5 nitrogen and oxygen atoms in total. The zero-order chi connectivity index (χ0) is 13.8. The van der Waals surface area contributed by atoms with Crippen LogP contribution in [0.1, 0.15) is 0 Å². The van der Waals surface area contributed by atoms with Gasteiger partial charge in [0, 0.05) is 27.2 Å². The maximum Gasteiger partial charge on any atom is 0.244 e. The van der Waals surface area contributed by atoms with Crippen LogP contribution < -0.4 is 5.32 Å². The summed E-state index contributed by atoms with van der Waals surface area (Å²) in [5, 5.41) is 2.91. The second-order valence-electron chi connectivity index (χ2n) is 4.38. The van der Waals surface area contributed by atoms with E-state index >= 15 is 0 Å². The van der Waals surface area contributed by atoms with Crippen molar-refractivity contribution in [2.45, 2.75) is 4.90 Å². The summed E-state index contributed by atoms with van der Waals surface area (Å²) in [4.78, 5) is 2.27. The van der Waals surface area contributed by atoms with Crippen LogP contribution in [0.5, 0.6) is 0 Å². The van der Waals surface area contributed by atoms with Crippen LogP contribution in [0, 0.1) is 0 Å². The fourth-order valence-electron chi connectivity index (χ4n) is 1.53. The standard InChI is InChI=1S/C12H21N3O2S/c1-13-11-7-5-6-8-12(11)18(16,17)15(4)10-9-14(2)3/h5-8,13H,9-10H2,1-4H3. The second-order valence-corrected chi connectivity index (χ2v) is 6.39. The molecule has 1 rings (SSSR count). The molecule has 6 heteroatoms. The fraction of sp³-hybridized carbons (Fsp3) is 0.500. The summed E-state index contributed by atoms with van der Waals surface area (Å²) in [6.45, 7) is 1.16. The Balaban J connectivity index is 2.98. The number of nitrogens with zero attached hydrogens (tertiary/aromatic N) is 2. The average Bonchev–Trinajstić information content (AvgIpc) is 2.35. The highest BCUT2D eigenvalue weighted by Gasteiger charge is 2.23. The number of nitrogens with one attached hydrogen (secondary N) is 1. The van der Waals surface area contributed by atoms with Crippen LogP contribution in [0.15, 0.2) is 29.2 Å². The van der Waals surface area contributed by atoms with Crippen LogP contribution in [0.25, 0.3) is 0 Å². The zero-order valence-corrected chi connectivity index (χ0v) is 12.2. The Labute approximate surface area is 109 Å². The lowest BCUT2D eigenvalue weighted by atomic mass is 10.3. The lowest BCUT2D eigenvalue weighted by Gasteiger charge is -2.20. The molecule has 0 fully saturated rings. The molecule has 0 aliphatic heterocycles. The fourth-order valence-corrected chi connectivity index (χ4v) is 2.88. The van der Waals surface area contributed by atoms with Crippen LogP contribution in [0.4, 0.5) is 5.69 Å². The highest BCUT2D eigenvalue weighted by Crippen LogP contribution is 2.22. The number of para-hydroxylation sites is 1. The SMILES string of the molecule is CNc1ccccc1S(=O)(=O)N(C)CCN(C)C.